The van der Waals surface area contributed by atoms with E-state index >= 15 is 0 Å². The number of benzene rings is 2. The Balaban J connectivity index is 1.37. The lowest BCUT2D eigenvalue weighted by Gasteiger charge is -2.43. The molecule has 0 amide bonds. The molecule has 0 N–H and O–H groups in total. The van der Waals surface area contributed by atoms with Gasteiger partial charge in [0.1, 0.15) is 0 Å². The summed E-state index contributed by atoms with van der Waals surface area (Å²) < 4.78 is 0. The van der Waals surface area contributed by atoms with Gasteiger partial charge < -0.3 is 4.90 Å². The first-order chi connectivity index (χ1) is 14.7. The highest BCUT2D eigenvalue weighted by Crippen LogP contribution is 2.30. The van der Waals surface area contributed by atoms with Crippen molar-refractivity contribution in [3.05, 3.63) is 95.3 Å². The molecule has 0 spiro atoms. The maximum atomic E-state index is 4.51. The molecule has 30 heavy (non-hydrogen) atoms. The minimum absolute atomic E-state index is 0.504. The Hall–Kier alpha value is -2.69. The molecule has 1 unspecified atom stereocenters. The summed E-state index contributed by atoms with van der Waals surface area (Å²) in [6, 6.07) is 24.7. The van der Waals surface area contributed by atoms with E-state index in [2.05, 4.69) is 86.4 Å². The van der Waals surface area contributed by atoms with E-state index in [1.165, 1.54) is 22.4 Å². The zero-order valence-electron chi connectivity index (χ0n) is 17.7. The largest absolute Gasteiger partial charge is 0.364 e. The molecule has 4 heteroatoms. The van der Waals surface area contributed by atoms with Gasteiger partial charge in [-0.1, -0.05) is 54.6 Å². The fourth-order valence-corrected chi connectivity index (χ4v) is 4.88. The van der Waals surface area contributed by atoms with Crippen molar-refractivity contribution in [1.82, 2.24) is 14.8 Å². The maximum Gasteiger partial charge on any atom is 0.0545 e. The van der Waals surface area contributed by atoms with Gasteiger partial charge in [0.25, 0.3) is 0 Å². The summed E-state index contributed by atoms with van der Waals surface area (Å²) in [6.07, 6.45) is 2.03. The molecule has 3 aromatic rings. The van der Waals surface area contributed by atoms with Crippen LogP contribution in [0.25, 0.3) is 0 Å². The minimum Gasteiger partial charge on any atom is -0.364 e. The fraction of sp³-hybridized carbons (Fsp3) is 0.346. The van der Waals surface area contributed by atoms with Crippen molar-refractivity contribution in [2.24, 2.45) is 0 Å². The molecule has 0 bridgehead atoms. The number of rotatable bonds is 4. The van der Waals surface area contributed by atoms with Crippen molar-refractivity contribution < 1.29 is 0 Å². The highest BCUT2D eigenvalue weighted by molar-refractivity contribution is 5.56. The first-order valence-corrected chi connectivity index (χ1v) is 11.0. The van der Waals surface area contributed by atoms with Gasteiger partial charge in [-0.25, -0.2) is 0 Å². The topological polar surface area (TPSA) is 22.6 Å². The van der Waals surface area contributed by atoms with E-state index in [-0.39, 0.29) is 0 Å². The van der Waals surface area contributed by atoms with Crippen LogP contribution in [0, 0.1) is 6.92 Å². The van der Waals surface area contributed by atoms with Crippen molar-refractivity contribution in [3.63, 3.8) is 0 Å². The lowest BCUT2D eigenvalue weighted by molar-refractivity contribution is 0.172. The van der Waals surface area contributed by atoms with Gasteiger partial charge >= 0.3 is 0 Å². The normalized spacial score (nSPS) is 19.8. The molecule has 2 aliphatic heterocycles. The summed E-state index contributed by atoms with van der Waals surface area (Å²) in [7, 11) is 0. The van der Waals surface area contributed by atoms with Crippen LogP contribution in [0.1, 0.15) is 22.4 Å². The maximum absolute atomic E-state index is 4.51. The Morgan fingerprint density at radius 3 is 2.40 bits per heavy atom. The van der Waals surface area contributed by atoms with Crippen molar-refractivity contribution >= 4 is 5.69 Å². The van der Waals surface area contributed by atoms with Crippen molar-refractivity contribution in [2.45, 2.75) is 32.6 Å². The number of para-hydroxylation sites is 1. The quantitative estimate of drug-likeness (QED) is 0.660. The first-order valence-electron chi connectivity index (χ1n) is 11.0. The second-order valence-corrected chi connectivity index (χ2v) is 8.67. The number of fused-ring (bicyclic) bond motifs is 3. The van der Waals surface area contributed by atoms with Crippen molar-refractivity contribution in [3.8, 4) is 0 Å². The molecule has 1 saturated heterocycles. The summed E-state index contributed by atoms with van der Waals surface area (Å²) in [5.74, 6) is 0. The third kappa shape index (κ3) is 4.25. The van der Waals surface area contributed by atoms with E-state index in [1.807, 2.05) is 13.1 Å². The zero-order chi connectivity index (χ0) is 20.3. The number of anilines is 1. The van der Waals surface area contributed by atoms with Gasteiger partial charge in [0, 0.05) is 63.4 Å². The number of piperazine rings is 1. The second kappa shape index (κ2) is 8.58. The number of aryl methyl sites for hydroxylation is 1. The molecule has 0 radical (unpaired) electrons. The van der Waals surface area contributed by atoms with Crippen LogP contribution < -0.4 is 4.90 Å². The lowest BCUT2D eigenvalue weighted by Crippen LogP contribution is -2.55. The molecule has 1 atom stereocenters. The summed E-state index contributed by atoms with van der Waals surface area (Å²) in [5, 5.41) is 0. The van der Waals surface area contributed by atoms with Gasteiger partial charge in [-0.2, -0.15) is 0 Å². The van der Waals surface area contributed by atoms with Crippen LogP contribution in [0.3, 0.4) is 0 Å². The zero-order valence-corrected chi connectivity index (χ0v) is 17.7. The van der Waals surface area contributed by atoms with Crippen LogP contribution in [0.4, 0.5) is 5.69 Å². The molecular formula is C26H30N4. The van der Waals surface area contributed by atoms with Crippen LogP contribution >= 0.6 is 0 Å². The Morgan fingerprint density at radius 2 is 1.57 bits per heavy atom. The van der Waals surface area contributed by atoms with E-state index in [4.69, 9.17) is 0 Å². The van der Waals surface area contributed by atoms with Gasteiger partial charge in [-0.05, 0) is 35.7 Å². The Morgan fingerprint density at radius 1 is 0.800 bits per heavy atom. The molecule has 1 fully saturated rings. The predicted octanol–water partition coefficient (Wildman–Crippen LogP) is 4.10. The smallest absolute Gasteiger partial charge is 0.0545 e. The van der Waals surface area contributed by atoms with Crippen LogP contribution in [0.15, 0.2) is 72.9 Å². The highest BCUT2D eigenvalue weighted by Gasteiger charge is 2.32. The summed E-state index contributed by atoms with van der Waals surface area (Å²) in [5.41, 5.74) is 6.64. The number of pyridine rings is 1. The fourth-order valence-electron chi connectivity index (χ4n) is 4.88. The molecular weight excluding hydrogens is 368 g/mol. The standard InChI is InChI=1S/C26H30N4/c1-21-11-12-23(15-27-21)17-29-18-24-9-5-6-10-26(24)30-14-13-28(19-25(30)20-29)16-22-7-3-2-4-8-22/h2-12,15,25H,13-14,16-20H2,1H3. The Kier molecular flexibility index (Phi) is 5.52. The first kappa shape index (κ1) is 19.3. The molecule has 0 saturated carbocycles. The average Bonchev–Trinajstić information content (AvgIpc) is 2.92. The van der Waals surface area contributed by atoms with Crippen LogP contribution in [0.2, 0.25) is 0 Å². The number of aromatic nitrogens is 1. The van der Waals surface area contributed by atoms with E-state index in [0.29, 0.717) is 6.04 Å². The van der Waals surface area contributed by atoms with Gasteiger partial charge in [-0.15, -0.1) is 0 Å². The Labute approximate surface area is 179 Å². The molecule has 3 heterocycles. The van der Waals surface area contributed by atoms with E-state index in [9.17, 15) is 0 Å². The average molecular weight is 399 g/mol. The third-order valence-electron chi connectivity index (χ3n) is 6.36. The number of hydrogen-bond acceptors (Lipinski definition) is 4. The molecule has 154 valence electrons. The SMILES string of the molecule is Cc1ccc(CN2Cc3ccccc3N3CCN(Cc4ccccc4)CC3C2)cn1. The van der Waals surface area contributed by atoms with Crippen molar-refractivity contribution in [1.29, 1.82) is 0 Å². The molecule has 2 aliphatic rings. The van der Waals surface area contributed by atoms with E-state index < -0.39 is 0 Å². The lowest BCUT2D eigenvalue weighted by atomic mass is 10.1. The molecule has 2 aromatic carbocycles. The van der Waals surface area contributed by atoms with Gasteiger partial charge in [-0.3, -0.25) is 14.8 Å². The van der Waals surface area contributed by atoms with Crippen LogP contribution in [-0.4, -0.2) is 47.0 Å². The summed E-state index contributed by atoms with van der Waals surface area (Å²) >= 11 is 0. The predicted molar refractivity (Wildman–Crippen MR) is 122 cm³/mol. The van der Waals surface area contributed by atoms with Crippen LogP contribution in [-0.2, 0) is 19.6 Å². The molecule has 1 aromatic heterocycles. The van der Waals surface area contributed by atoms with E-state index in [0.717, 1.165) is 51.5 Å². The van der Waals surface area contributed by atoms with Gasteiger partial charge in [0.05, 0.1) is 6.04 Å². The minimum atomic E-state index is 0.504. The highest BCUT2D eigenvalue weighted by atomic mass is 15.3. The van der Waals surface area contributed by atoms with Gasteiger partial charge in [0.15, 0.2) is 0 Å². The Bertz CT molecular complexity index is 970. The molecule has 0 aliphatic carbocycles. The number of hydrogen-bond donors (Lipinski definition) is 0. The second-order valence-electron chi connectivity index (χ2n) is 8.67. The third-order valence-corrected chi connectivity index (χ3v) is 6.36. The molecule has 5 rings (SSSR count). The van der Waals surface area contributed by atoms with Gasteiger partial charge in [0.2, 0.25) is 0 Å². The number of nitrogens with zero attached hydrogens (tertiary/aromatic N) is 4. The summed E-state index contributed by atoms with van der Waals surface area (Å²) in [6.45, 7) is 9.41. The van der Waals surface area contributed by atoms with E-state index in [1.54, 1.807) is 0 Å². The monoisotopic (exact) mass is 398 g/mol. The molecule has 4 nitrogen and oxygen atoms in total. The van der Waals surface area contributed by atoms with Crippen LogP contribution in [0.5, 0.6) is 0 Å². The van der Waals surface area contributed by atoms with Crippen molar-refractivity contribution in [2.75, 3.05) is 31.1 Å². The summed E-state index contributed by atoms with van der Waals surface area (Å²) in [4.78, 5) is 12.4.